The highest BCUT2D eigenvalue weighted by Crippen LogP contribution is 2.41. The van der Waals surface area contributed by atoms with E-state index in [-0.39, 0.29) is 0 Å². The Morgan fingerprint density at radius 2 is 1.45 bits per heavy atom. The van der Waals surface area contributed by atoms with Gasteiger partial charge in [-0.2, -0.15) is 0 Å². The van der Waals surface area contributed by atoms with Gasteiger partial charge in [0.05, 0.1) is 0 Å². The summed E-state index contributed by atoms with van der Waals surface area (Å²) in [5, 5.41) is 19.2. The molecule has 0 amide bonds. The van der Waals surface area contributed by atoms with Gasteiger partial charge in [-0.25, -0.2) is 9.59 Å². The molecule has 2 rings (SSSR count). The number of rotatable bonds is 2. The summed E-state index contributed by atoms with van der Waals surface area (Å²) < 4.78 is 0. The van der Waals surface area contributed by atoms with Gasteiger partial charge in [-0.3, -0.25) is 0 Å². The average Bonchev–Trinajstić information content (AvgIpc) is 2.23. The van der Waals surface area contributed by atoms with Crippen molar-refractivity contribution in [3.63, 3.8) is 0 Å². The Kier molecular flexibility index (Phi) is 5.30. The summed E-state index contributed by atoms with van der Waals surface area (Å²) in [6.45, 7) is 9.74. The Bertz CT molecular complexity index is 376. The van der Waals surface area contributed by atoms with Crippen LogP contribution in [0, 0.1) is 10.8 Å². The van der Waals surface area contributed by atoms with Crippen LogP contribution in [0.4, 0.5) is 0 Å². The SMILES string of the molecule is CN1CC2(C)CNCC(C)(C1)C2.O=C(O)/C=C/C(=O)O. The zero-order chi connectivity index (χ0) is 15.4. The van der Waals surface area contributed by atoms with Crippen molar-refractivity contribution in [1.82, 2.24) is 10.2 Å². The molecule has 0 aliphatic carbocycles. The summed E-state index contributed by atoms with van der Waals surface area (Å²) in [7, 11) is 2.25. The van der Waals surface area contributed by atoms with Crippen LogP contribution in [0.25, 0.3) is 0 Å². The second-order valence-corrected chi connectivity index (χ2v) is 6.58. The van der Waals surface area contributed by atoms with Crippen molar-refractivity contribution in [3.8, 4) is 0 Å². The molecule has 0 aromatic rings. The van der Waals surface area contributed by atoms with Gasteiger partial charge < -0.3 is 20.4 Å². The number of likely N-dealkylation sites (tertiary alicyclic amines) is 1. The van der Waals surface area contributed by atoms with Gasteiger partial charge in [-0.15, -0.1) is 0 Å². The second-order valence-electron chi connectivity index (χ2n) is 6.58. The van der Waals surface area contributed by atoms with E-state index in [9.17, 15) is 9.59 Å². The Balaban J connectivity index is 0.000000221. The molecule has 6 nitrogen and oxygen atoms in total. The Morgan fingerprint density at radius 1 is 1.05 bits per heavy atom. The van der Waals surface area contributed by atoms with Crippen LogP contribution in [0.5, 0.6) is 0 Å². The maximum Gasteiger partial charge on any atom is 0.328 e. The van der Waals surface area contributed by atoms with E-state index in [4.69, 9.17) is 10.2 Å². The zero-order valence-electron chi connectivity index (χ0n) is 12.3. The predicted molar refractivity (Wildman–Crippen MR) is 75.6 cm³/mol. The molecular weight excluding hydrogens is 260 g/mol. The van der Waals surface area contributed by atoms with E-state index < -0.39 is 11.9 Å². The lowest BCUT2D eigenvalue weighted by Crippen LogP contribution is -2.60. The molecular formula is C14H24N2O4. The lowest BCUT2D eigenvalue weighted by Gasteiger charge is -2.53. The first kappa shape index (κ1) is 16.7. The minimum absolute atomic E-state index is 0.528. The van der Waals surface area contributed by atoms with Crippen LogP contribution in [0.2, 0.25) is 0 Å². The summed E-state index contributed by atoms with van der Waals surface area (Å²) in [6.07, 6.45) is 2.52. The molecule has 0 radical (unpaired) electrons. The highest BCUT2D eigenvalue weighted by Gasteiger charge is 2.44. The van der Waals surface area contributed by atoms with Crippen molar-refractivity contribution >= 4 is 11.9 Å². The lowest BCUT2D eigenvalue weighted by atomic mass is 9.66. The van der Waals surface area contributed by atoms with Gasteiger partial charge in [0.1, 0.15) is 0 Å². The van der Waals surface area contributed by atoms with Gasteiger partial charge in [0.25, 0.3) is 0 Å². The third-order valence-electron chi connectivity index (χ3n) is 3.63. The molecule has 0 aromatic carbocycles. The summed E-state index contributed by atoms with van der Waals surface area (Å²) >= 11 is 0. The number of aliphatic carboxylic acids is 2. The fourth-order valence-corrected chi connectivity index (χ4v) is 3.55. The Labute approximate surface area is 119 Å². The van der Waals surface area contributed by atoms with Gasteiger partial charge in [0, 0.05) is 38.3 Å². The topological polar surface area (TPSA) is 89.9 Å². The van der Waals surface area contributed by atoms with Crippen LogP contribution in [-0.2, 0) is 9.59 Å². The van der Waals surface area contributed by atoms with Crippen molar-refractivity contribution in [1.29, 1.82) is 0 Å². The highest BCUT2D eigenvalue weighted by atomic mass is 16.4. The zero-order valence-corrected chi connectivity index (χ0v) is 12.3. The van der Waals surface area contributed by atoms with Crippen LogP contribution >= 0.6 is 0 Å². The van der Waals surface area contributed by atoms with Crippen molar-refractivity contribution in [2.24, 2.45) is 10.8 Å². The molecule has 2 aliphatic rings. The molecule has 6 heteroatoms. The molecule has 2 saturated heterocycles. The molecule has 0 spiro atoms. The fourth-order valence-electron chi connectivity index (χ4n) is 3.55. The molecule has 0 aromatic heterocycles. The van der Waals surface area contributed by atoms with Crippen LogP contribution in [0.15, 0.2) is 12.2 Å². The molecule has 0 saturated carbocycles. The third kappa shape index (κ3) is 5.30. The lowest BCUT2D eigenvalue weighted by molar-refractivity contribution is -0.134. The monoisotopic (exact) mass is 284 g/mol. The maximum absolute atomic E-state index is 9.55. The summed E-state index contributed by atoms with van der Waals surface area (Å²) in [5.41, 5.74) is 1.06. The molecule has 3 N–H and O–H groups in total. The van der Waals surface area contributed by atoms with E-state index >= 15 is 0 Å². The third-order valence-corrected chi connectivity index (χ3v) is 3.63. The van der Waals surface area contributed by atoms with Crippen molar-refractivity contribution in [3.05, 3.63) is 12.2 Å². The number of piperidine rings is 2. The van der Waals surface area contributed by atoms with E-state index in [0.717, 1.165) is 0 Å². The van der Waals surface area contributed by atoms with Crippen LogP contribution in [0.3, 0.4) is 0 Å². The van der Waals surface area contributed by atoms with Gasteiger partial charge in [-0.1, -0.05) is 13.8 Å². The molecule has 2 bridgehead atoms. The van der Waals surface area contributed by atoms with E-state index in [1.165, 1.54) is 32.6 Å². The number of nitrogens with one attached hydrogen (secondary N) is 1. The minimum atomic E-state index is -1.26. The fraction of sp³-hybridized carbons (Fsp3) is 0.714. The van der Waals surface area contributed by atoms with Crippen LogP contribution < -0.4 is 5.32 Å². The normalized spacial score (nSPS) is 33.4. The molecule has 20 heavy (non-hydrogen) atoms. The van der Waals surface area contributed by atoms with E-state index in [1.54, 1.807) is 0 Å². The molecule has 114 valence electrons. The summed E-state index contributed by atoms with van der Waals surface area (Å²) in [5.74, 6) is -2.51. The number of hydrogen-bond donors (Lipinski definition) is 3. The van der Waals surface area contributed by atoms with Crippen LogP contribution in [0.1, 0.15) is 20.3 Å². The summed E-state index contributed by atoms with van der Waals surface area (Å²) in [4.78, 5) is 21.6. The number of hydrogen-bond acceptors (Lipinski definition) is 4. The number of fused-ring (bicyclic) bond motifs is 2. The van der Waals surface area contributed by atoms with Gasteiger partial charge >= 0.3 is 11.9 Å². The number of nitrogens with zero attached hydrogens (tertiary/aromatic N) is 1. The predicted octanol–water partition coefficient (Wildman–Crippen LogP) is 0.650. The summed E-state index contributed by atoms with van der Waals surface area (Å²) in [6, 6.07) is 0. The standard InChI is InChI=1S/C10H20N2.C4H4O4/c1-9-4-10(2,6-11-5-9)8-12(3)7-9;5-3(6)1-2-4(7)8/h11H,4-8H2,1-3H3;1-2H,(H,5,6)(H,7,8)/b;2-1+. The molecule has 2 aliphatic heterocycles. The van der Waals surface area contributed by atoms with E-state index in [1.807, 2.05) is 0 Å². The largest absolute Gasteiger partial charge is 0.478 e. The average molecular weight is 284 g/mol. The second kappa shape index (κ2) is 6.37. The van der Waals surface area contributed by atoms with Crippen molar-refractivity contribution < 1.29 is 19.8 Å². The quantitative estimate of drug-likeness (QED) is 0.645. The van der Waals surface area contributed by atoms with Gasteiger partial charge in [-0.05, 0) is 24.3 Å². The van der Waals surface area contributed by atoms with Gasteiger partial charge in [0.15, 0.2) is 0 Å². The number of carboxylic acid groups (broad SMARTS) is 2. The van der Waals surface area contributed by atoms with Crippen LogP contribution in [-0.4, -0.2) is 60.3 Å². The smallest absolute Gasteiger partial charge is 0.328 e. The van der Waals surface area contributed by atoms with Gasteiger partial charge in [0.2, 0.25) is 0 Å². The molecule has 2 unspecified atom stereocenters. The van der Waals surface area contributed by atoms with E-state index in [0.29, 0.717) is 23.0 Å². The molecule has 2 heterocycles. The number of carboxylic acids is 2. The highest BCUT2D eigenvalue weighted by molar-refractivity contribution is 5.89. The minimum Gasteiger partial charge on any atom is -0.478 e. The molecule has 2 atom stereocenters. The van der Waals surface area contributed by atoms with E-state index in [2.05, 4.69) is 31.1 Å². The first-order chi connectivity index (χ1) is 9.14. The van der Waals surface area contributed by atoms with Crippen molar-refractivity contribution in [2.75, 3.05) is 33.2 Å². The van der Waals surface area contributed by atoms with Crippen molar-refractivity contribution in [2.45, 2.75) is 20.3 Å². The first-order valence-electron chi connectivity index (χ1n) is 6.67. The first-order valence-corrected chi connectivity index (χ1v) is 6.67. The molecule has 2 fully saturated rings. The Morgan fingerprint density at radius 3 is 1.80 bits per heavy atom. The number of carbonyl (C=O) groups is 2. The maximum atomic E-state index is 9.55. The Hall–Kier alpha value is -1.40.